The minimum absolute atomic E-state index is 0.0814. The van der Waals surface area contributed by atoms with Crippen LogP contribution in [0.2, 0.25) is 0 Å². The first kappa shape index (κ1) is 18.5. The zero-order valence-electron chi connectivity index (χ0n) is 16.3. The van der Waals surface area contributed by atoms with Crippen LogP contribution in [-0.4, -0.2) is 56.6 Å². The fourth-order valence-electron chi connectivity index (χ4n) is 4.74. The minimum atomic E-state index is -0.404. The van der Waals surface area contributed by atoms with Crippen LogP contribution in [0.1, 0.15) is 63.3 Å². The molecule has 148 valence electrons. The highest BCUT2D eigenvalue weighted by Gasteiger charge is 2.30. The predicted molar refractivity (Wildman–Crippen MR) is 102 cm³/mol. The van der Waals surface area contributed by atoms with Crippen LogP contribution in [0.3, 0.4) is 0 Å². The third-order valence-corrected chi connectivity index (χ3v) is 6.37. The van der Waals surface area contributed by atoms with E-state index in [0.717, 1.165) is 37.8 Å². The van der Waals surface area contributed by atoms with Crippen molar-refractivity contribution >= 4 is 11.8 Å². The van der Waals surface area contributed by atoms with Gasteiger partial charge in [0.05, 0.1) is 24.5 Å². The van der Waals surface area contributed by atoms with E-state index in [1.807, 2.05) is 0 Å². The summed E-state index contributed by atoms with van der Waals surface area (Å²) in [4.78, 5) is 28.5. The highest BCUT2D eigenvalue weighted by atomic mass is 16.2. The Bertz CT molecular complexity index is 695. The molecule has 7 nitrogen and oxygen atoms in total. The highest BCUT2D eigenvalue weighted by molar-refractivity contribution is 5.88. The van der Waals surface area contributed by atoms with Gasteiger partial charge in [0.25, 0.3) is 0 Å². The molecule has 7 heteroatoms. The van der Waals surface area contributed by atoms with Crippen molar-refractivity contribution in [2.45, 2.75) is 83.6 Å². The quantitative estimate of drug-likeness (QED) is 0.852. The lowest BCUT2D eigenvalue weighted by molar-refractivity contribution is -0.136. The molecule has 0 radical (unpaired) electrons. The molecule has 1 N–H and O–H groups in total. The Balaban J connectivity index is 1.31. The highest BCUT2D eigenvalue weighted by Crippen LogP contribution is 2.26. The Kier molecular flexibility index (Phi) is 5.48. The number of amides is 2. The van der Waals surface area contributed by atoms with Crippen LogP contribution in [0.25, 0.3) is 0 Å². The fourth-order valence-corrected chi connectivity index (χ4v) is 4.74. The van der Waals surface area contributed by atoms with E-state index >= 15 is 0 Å². The molecule has 3 aliphatic rings. The Morgan fingerprint density at radius 2 is 2.04 bits per heavy atom. The largest absolute Gasteiger partial charge is 0.349 e. The third kappa shape index (κ3) is 4.03. The van der Waals surface area contributed by atoms with Gasteiger partial charge < -0.3 is 10.2 Å². The Morgan fingerprint density at radius 3 is 2.78 bits per heavy atom. The van der Waals surface area contributed by atoms with E-state index in [1.165, 1.54) is 37.8 Å². The van der Waals surface area contributed by atoms with Crippen LogP contribution < -0.4 is 5.32 Å². The fraction of sp³-hybridized carbons (Fsp3) is 0.750. The smallest absolute Gasteiger partial charge is 0.242 e. The maximum atomic E-state index is 12.4. The van der Waals surface area contributed by atoms with Gasteiger partial charge >= 0.3 is 0 Å². The number of aromatic nitrogens is 2. The lowest BCUT2D eigenvalue weighted by atomic mass is 9.94. The van der Waals surface area contributed by atoms with Crippen LogP contribution in [0, 0.1) is 0 Å². The van der Waals surface area contributed by atoms with Gasteiger partial charge in [0.2, 0.25) is 11.8 Å². The lowest BCUT2D eigenvalue weighted by Gasteiger charge is -2.36. The van der Waals surface area contributed by atoms with E-state index in [4.69, 9.17) is 0 Å². The first-order chi connectivity index (χ1) is 13.1. The summed E-state index contributed by atoms with van der Waals surface area (Å²) in [6.45, 7) is 5.87. The van der Waals surface area contributed by atoms with E-state index in [0.29, 0.717) is 19.5 Å². The summed E-state index contributed by atoms with van der Waals surface area (Å²) in [6, 6.07) is 2.45. The van der Waals surface area contributed by atoms with Gasteiger partial charge in [-0.3, -0.25) is 19.2 Å². The van der Waals surface area contributed by atoms with Gasteiger partial charge in [-0.1, -0.05) is 19.3 Å². The van der Waals surface area contributed by atoms with Crippen LogP contribution in [0.5, 0.6) is 0 Å². The summed E-state index contributed by atoms with van der Waals surface area (Å²) in [7, 11) is 0. The monoisotopic (exact) mass is 373 g/mol. The zero-order valence-corrected chi connectivity index (χ0v) is 16.3. The minimum Gasteiger partial charge on any atom is -0.349 e. The summed E-state index contributed by atoms with van der Waals surface area (Å²) in [5.74, 6) is -0.0158. The number of hydrogen-bond acceptors (Lipinski definition) is 4. The molecule has 1 aromatic heterocycles. The third-order valence-electron chi connectivity index (χ3n) is 6.37. The molecule has 1 saturated heterocycles. The van der Waals surface area contributed by atoms with Gasteiger partial charge in [0.1, 0.15) is 6.04 Å². The number of carbonyl (C=O) groups is 2. The van der Waals surface area contributed by atoms with E-state index < -0.39 is 6.04 Å². The summed E-state index contributed by atoms with van der Waals surface area (Å²) >= 11 is 0. The second-order valence-electron chi connectivity index (χ2n) is 8.20. The van der Waals surface area contributed by atoms with Gasteiger partial charge in [-0.15, -0.1) is 0 Å². The number of likely N-dealkylation sites (tertiary alicyclic amines) is 1. The maximum Gasteiger partial charge on any atom is 0.242 e. The topological polar surface area (TPSA) is 70.5 Å². The van der Waals surface area contributed by atoms with Crippen LogP contribution in [0.15, 0.2) is 6.07 Å². The van der Waals surface area contributed by atoms with Gasteiger partial charge in [0.15, 0.2) is 0 Å². The molecule has 0 unspecified atom stereocenters. The summed E-state index contributed by atoms with van der Waals surface area (Å²) < 4.78 is 2.09. The number of carbonyl (C=O) groups excluding carboxylic acids is 2. The van der Waals surface area contributed by atoms with Crippen molar-refractivity contribution in [2.75, 3.05) is 13.1 Å². The van der Waals surface area contributed by atoms with Crippen molar-refractivity contribution in [3.8, 4) is 0 Å². The average molecular weight is 374 g/mol. The number of nitrogens with one attached hydrogen (secondary N) is 1. The van der Waals surface area contributed by atoms with E-state index in [9.17, 15) is 9.59 Å². The molecular weight excluding hydrogens is 342 g/mol. The molecule has 1 aromatic rings. The number of nitrogens with zero attached hydrogens (tertiary/aromatic N) is 4. The molecule has 27 heavy (non-hydrogen) atoms. The number of fused-ring (bicyclic) bond motifs is 1. The van der Waals surface area contributed by atoms with Crippen molar-refractivity contribution in [2.24, 2.45) is 0 Å². The first-order valence-electron chi connectivity index (χ1n) is 10.5. The first-order valence-corrected chi connectivity index (χ1v) is 10.5. The molecule has 0 spiro atoms. The lowest BCUT2D eigenvalue weighted by Crippen LogP contribution is -2.45. The van der Waals surface area contributed by atoms with Crippen molar-refractivity contribution in [3.05, 3.63) is 17.5 Å². The predicted octanol–water partition coefficient (Wildman–Crippen LogP) is 1.66. The Morgan fingerprint density at radius 1 is 1.22 bits per heavy atom. The van der Waals surface area contributed by atoms with Gasteiger partial charge in [-0.05, 0) is 32.3 Å². The number of rotatable bonds is 5. The second-order valence-corrected chi connectivity index (χ2v) is 8.20. The van der Waals surface area contributed by atoms with E-state index in [2.05, 4.69) is 26.1 Å². The zero-order chi connectivity index (χ0) is 18.8. The van der Waals surface area contributed by atoms with Crippen LogP contribution >= 0.6 is 0 Å². The molecule has 2 fully saturated rings. The Labute approximate surface area is 161 Å². The normalized spacial score (nSPS) is 22.7. The molecule has 1 aliphatic carbocycles. The Hall–Kier alpha value is -1.89. The second kappa shape index (κ2) is 8.00. The van der Waals surface area contributed by atoms with Crippen molar-refractivity contribution in [3.63, 3.8) is 0 Å². The van der Waals surface area contributed by atoms with Crippen LogP contribution in [0.4, 0.5) is 0 Å². The van der Waals surface area contributed by atoms with Crippen molar-refractivity contribution in [1.29, 1.82) is 0 Å². The number of hydrogen-bond donors (Lipinski definition) is 1. The molecule has 0 bridgehead atoms. The molecule has 1 atom stereocenters. The van der Waals surface area contributed by atoms with Crippen molar-refractivity contribution < 1.29 is 9.59 Å². The summed E-state index contributed by atoms with van der Waals surface area (Å²) in [6.07, 6.45) is 8.15. The molecular formula is C20H31N5O2. The van der Waals surface area contributed by atoms with Gasteiger partial charge in [0, 0.05) is 32.1 Å². The summed E-state index contributed by atoms with van der Waals surface area (Å²) in [5.41, 5.74) is 2.16. The molecule has 1 saturated carbocycles. The average Bonchev–Trinajstić information content (AvgIpc) is 3.31. The molecule has 3 heterocycles. The maximum absolute atomic E-state index is 12.4. The molecule has 2 amide bonds. The van der Waals surface area contributed by atoms with E-state index in [-0.39, 0.29) is 11.8 Å². The van der Waals surface area contributed by atoms with Crippen LogP contribution in [-0.2, 0) is 29.2 Å². The summed E-state index contributed by atoms with van der Waals surface area (Å²) in [5, 5.41) is 7.63. The standard InChI is InChI=1S/C20H31N5O2/c1-15(24-9-5-8-19(24)26)20(27)21-13-16-12-18-14-23(10-11-25(18)22-16)17-6-3-2-4-7-17/h12,15,17H,2-11,13-14H2,1H3,(H,21,27)/t15-/m1/s1. The van der Waals surface area contributed by atoms with Gasteiger partial charge in [-0.2, -0.15) is 5.10 Å². The van der Waals surface area contributed by atoms with E-state index in [1.54, 1.807) is 11.8 Å². The SMILES string of the molecule is C[C@H](C(=O)NCc1cc2n(n1)CCN(C1CCCCC1)C2)N1CCCC1=O. The molecule has 4 rings (SSSR count). The molecule has 0 aromatic carbocycles. The molecule has 2 aliphatic heterocycles. The van der Waals surface area contributed by atoms with Gasteiger partial charge in [-0.25, -0.2) is 0 Å². The van der Waals surface area contributed by atoms with Crippen molar-refractivity contribution in [1.82, 2.24) is 24.9 Å².